The van der Waals surface area contributed by atoms with E-state index in [1.54, 1.807) is 0 Å². The van der Waals surface area contributed by atoms with Crippen molar-refractivity contribution in [3.8, 4) is 0 Å². The van der Waals surface area contributed by atoms with Crippen LogP contribution in [0.15, 0.2) is 14.3 Å². The van der Waals surface area contributed by atoms with Gasteiger partial charge in [0.1, 0.15) is 0 Å². The van der Waals surface area contributed by atoms with Crippen molar-refractivity contribution in [2.24, 2.45) is 17.8 Å². The third kappa shape index (κ3) is 3.21. The van der Waals surface area contributed by atoms with Crippen molar-refractivity contribution in [1.82, 2.24) is 0 Å². The molecule has 0 bridgehead atoms. The van der Waals surface area contributed by atoms with Gasteiger partial charge in [0.15, 0.2) is 5.78 Å². The smallest absolute Gasteiger partial charge is 0.175 e. The first-order valence-electron chi connectivity index (χ1n) is 5.96. The molecule has 0 amide bonds. The molecule has 0 N–H and O–H groups in total. The van der Waals surface area contributed by atoms with Gasteiger partial charge in [-0.15, -0.1) is 11.3 Å². The third-order valence-electron chi connectivity index (χ3n) is 3.44. The molecule has 1 heterocycles. The Bertz CT molecular complexity index is 398. The van der Waals surface area contributed by atoms with Crippen LogP contribution in [0.4, 0.5) is 0 Å². The summed E-state index contributed by atoms with van der Waals surface area (Å²) in [7, 11) is 0. The molecule has 4 heteroatoms. The van der Waals surface area contributed by atoms with Gasteiger partial charge in [-0.25, -0.2) is 0 Å². The number of rotatable bonds is 2. The molecule has 2 rings (SSSR count). The summed E-state index contributed by atoms with van der Waals surface area (Å²) >= 11 is 8.43. The van der Waals surface area contributed by atoms with Gasteiger partial charge >= 0.3 is 0 Å². The Balaban J connectivity index is 2.14. The highest BCUT2D eigenvalue weighted by molar-refractivity contribution is 9.13. The summed E-state index contributed by atoms with van der Waals surface area (Å²) in [5, 5.41) is 0. The largest absolute Gasteiger partial charge is 0.293 e. The van der Waals surface area contributed by atoms with Crippen molar-refractivity contribution in [3.05, 3.63) is 19.2 Å². The van der Waals surface area contributed by atoms with Crippen molar-refractivity contribution in [1.29, 1.82) is 0 Å². The average molecular weight is 380 g/mol. The fraction of sp³-hybridized carbons (Fsp3) is 0.615. The number of hydrogen-bond donors (Lipinski definition) is 0. The van der Waals surface area contributed by atoms with Gasteiger partial charge in [-0.2, -0.15) is 0 Å². The predicted molar refractivity (Wildman–Crippen MR) is 79.7 cm³/mol. The predicted octanol–water partition coefficient (Wildman–Crippen LogP) is 5.53. The lowest BCUT2D eigenvalue weighted by Crippen LogP contribution is -2.25. The Kier molecular flexibility index (Phi) is 4.48. The Hall–Kier alpha value is 0.330. The molecule has 1 aromatic heterocycles. The number of hydrogen-bond acceptors (Lipinski definition) is 2. The highest BCUT2D eigenvalue weighted by Gasteiger charge is 2.30. The first-order chi connectivity index (χ1) is 7.97. The van der Waals surface area contributed by atoms with Crippen LogP contribution in [0, 0.1) is 17.8 Å². The van der Waals surface area contributed by atoms with Crippen molar-refractivity contribution < 1.29 is 4.79 Å². The van der Waals surface area contributed by atoms with E-state index in [0.29, 0.717) is 17.6 Å². The Morgan fingerprint density at radius 3 is 2.29 bits per heavy atom. The van der Waals surface area contributed by atoms with Gasteiger partial charge in [0, 0.05) is 10.4 Å². The van der Waals surface area contributed by atoms with Crippen LogP contribution in [0.25, 0.3) is 0 Å². The summed E-state index contributed by atoms with van der Waals surface area (Å²) < 4.78 is 2.00. The maximum absolute atomic E-state index is 12.4. The van der Waals surface area contributed by atoms with E-state index in [-0.39, 0.29) is 5.92 Å². The standard InChI is InChI=1S/C13H16Br2OS/c1-7-3-8(2)5-9(4-7)12(16)11-6-10(14)13(15)17-11/h6-9H,3-5H2,1-2H3. The van der Waals surface area contributed by atoms with Gasteiger partial charge in [0.2, 0.25) is 0 Å². The monoisotopic (exact) mass is 378 g/mol. The zero-order chi connectivity index (χ0) is 12.6. The Morgan fingerprint density at radius 1 is 1.24 bits per heavy atom. The summed E-state index contributed by atoms with van der Waals surface area (Å²) in [5.41, 5.74) is 0. The number of carbonyl (C=O) groups is 1. The number of carbonyl (C=O) groups excluding carboxylic acids is 1. The fourth-order valence-electron chi connectivity index (χ4n) is 2.83. The zero-order valence-electron chi connectivity index (χ0n) is 10.0. The molecule has 1 fully saturated rings. The summed E-state index contributed by atoms with van der Waals surface area (Å²) in [4.78, 5) is 13.3. The lowest BCUT2D eigenvalue weighted by Gasteiger charge is -2.30. The van der Waals surface area contributed by atoms with Gasteiger partial charge in [-0.3, -0.25) is 4.79 Å². The molecule has 0 aromatic carbocycles. The zero-order valence-corrected chi connectivity index (χ0v) is 14.0. The maximum Gasteiger partial charge on any atom is 0.175 e. The molecule has 1 aromatic rings. The molecule has 1 nitrogen and oxygen atoms in total. The fourth-order valence-corrected chi connectivity index (χ4v) is 4.88. The van der Waals surface area contributed by atoms with Crippen molar-refractivity contribution >= 4 is 49.0 Å². The van der Waals surface area contributed by atoms with Gasteiger partial charge in [0.05, 0.1) is 8.66 Å². The lowest BCUT2D eigenvalue weighted by atomic mass is 9.75. The van der Waals surface area contributed by atoms with Crippen LogP contribution < -0.4 is 0 Å². The van der Waals surface area contributed by atoms with E-state index in [0.717, 1.165) is 26.0 Å². The van der Waals surface area contributed by atoms with E-state index in [1.807, 2.05) is 6.07 Å². The number of ketones is 1. The minimum Gasteiger partial charge on any atom is -0.293 e. The number of thiophene rings is 1. The normalized spacial score (nSPS) is 29.3. The van der Waals surface area contributed by atoms with E-state index in [4.69, 9.17) is 0 Å². The highest BCUT2D eigenvalue weighted by Crippen LogP contribution is 2.38. The molecule has 1 aliphatic carbocycles. The van der Waals surface area contributed by atoms with Crippen molar-refractivity contribution in [2.75, 3.05) is 0 Å². The van der Waals surface area contributed by atoms with Crippen LogP contribution >= 0.6 is 43.2 Å². The van der Waals surface area contributed by atoms with Crippen LogP contribution in [-0.2, 0) is 0 Å². The molecule has 2 atom stereocenters. The lowest BCUT2D eigenvalue weighted by molar-refractivity contribution is 0.0840. The summed E-state index contributed by atoms with van der Waals surface area (Å²) in [5.74, 6) is 1.92. The molecule has 1 saturated carbocycles. The molecular weight excluding hydrogens is 364 g/mol. The minimum absolute atomic E-state index is 0.228. The Labute approximate surface area is 123 Å². The van der Waals surface area contributed by atoms with Gasteiger partial charge in [-0.1, -0.05) is 13.8 Å². The second-order valence-electron chi connectivity index (χ2n) is 5.21. The molecule has 1 aliphatic rings. The van der Waals surface area contributed by atoms with E-state index in [1.165, 1.54) is 17.8 Å². The van der Waals surface area contributed by atoms with Gasteiger partial charge in [-0.05, 0) is 69.0 Å². The minimum atomic E-state index is 0.228. The van der Waals surface area contributed by atoms with E-state index < -0.39 is 0 Å². The molecular formula is C13H16Br2OS. The van der Waals surface area contributed by atoms with Gasteiger partial charge < -0.3 is 0 Å². The summed E-state index contributed by atoms with van der Waals surface area (Å²) in [6, 6.07) is 1.95. The molecule has 0 spiro atoms. The van der Waals surface area contributed by atoms with E-state index in [2.05, 4.69) is 45.7 Å². The van der Waals surface area contributed by atoms with Crippen LogP contribution in [-0.4, -0.2) is 5.78 Å². The molecule has 0 aliphatic heterocycles. The second kappa shape index (κ2) is 5.54. The van der Waals surface area contributed by atoms with Crippen LogP contribution in [0.3, 0.4) is 0 Å². The van der Waals surface area contributed by atoms with E-state index in [9.17, 15) is 4.79 Å². The summed E-state index contributed by atoms with van der Waals surface area (Å²) in [6.45, 7) is 4.52. The Morgan fingerprint density at radius 2 is 1.82 bits per heavy atom. The SMILES string of the molecule is CC1CC(C)CC(C(=O)c2cc(Br)c(Br)s2)C1. The average Bonchev–Trinajstić information content (AvgIpc) is 2.57. The second-order valence-corrected chi connectivity index (χ2v) is 8.44. The van der Waals surface area contributed by atoms with Crippen LogP contribution in [0.2, 0.25) is 0 Å². The third-order valence-corrected chi connectivity index (χ3v) is 6.71. The van der Waals surface area contributed by atoms with E-state index >= 15 is 0 Å². The molecule has 2 unspecified atom stereocenters. The maximum atomic E-state index is 12.4. The quantitative estimate of drug-likeness (QED) is 0.617. The molecule has 0 saturated heterocycles. The first kappa shape index (κ1) is 13.8. The molecule has 0 radical (unpaired) electrons. The van der Waals surface area contributed by atoms with Gasteiger partial charge in [0.25, 0.3) is 0 Å². The summed E-state index contributed by atoms with van der Waals surface area (Å²) in [6.07, 6.45) is 3.37. The van der Waals surface area contributed by atoms with Crippen molar-refractivity contribution in [2.45, 2.75) is 33.1 Å². The molecule has 17 heavy (non-hydrogen) atoms. The number of Topliss-reactive ketones (excluding diaryl/α,β-unsaturated/α-hetero) is 1. The first-order valence-corrected chi connectivity index (χ1v) is 8.36. The topological polar surface area (TPSA) is 17.1 Å². The van der Waals surface area contributed by atoms with Crippen LogP contribution in [0.5, 0.6) is 0 Å². The molecule has 94 valence electrons. The van der Waals surface area contributed by atoms with Crippen molar-refractivity contribution in [3.63, 3.8) is 0 Å². The number of halogens is 2. The highest BCUT2D eigenvalue weighted by atomic mass is 79.9. The van der Waals surface area contributed by atoms with Crippen LogP contribution in [0.1, 0.15) is 42.8 Å².